The van der Waals surface area contributed by atoms with Crippen molar-refractivity contribution in [2.75, 3.05) is 5.75 Å². The quantitative estimate of drug-likeness (QED) is 0.205. The van der Waals surface area contributed by atoms with Crippen molar-refractivity contribution in [3.63, 3.8) is 0 Å². The fourth-order valence-electron chi connectivity index (χ4n) is 3.58. The van der Waals surface area contributed by atoms with Gasteiger partial charge in [0.25, 0.3) is 5.56 Å². The van der Waals surface area contributed by atoms with Crippen LogP contribution in [0.1, 0.15) is 34.8 Å². The number of rotatable bonds is 6. The van der Waals surface area contributed by atoms with Crippen LogP contribution in [0.5, 0.6) is 0 Å². The van der Waals surface area contributed by atoms with E-state index in [1.165, 1.54) is 0 Å². The predicted octanol–water partition coefficient (Wildman–Crippen LogP) is 5.77. The first-order valence-electron chi connectivity index (χ1n) is 10.3. The average Bonchev–Trinajstić information content (AvgIpc) is 3.57. The molecule has 1 N–H and O–H groups in total. The van der Waals surface area contributed by atoms with Crippen molar-refractivity contribution in [2.24, 2.45) is 0 Å². The number of nitrogens with one attached hydrogen (secondary N) is 1. The minimum absolute atomic E-state index is 0.0958. The van der Waals surface area contributed by atoms with Crippen LogP contribution in [0.15, 0.2) is 58.5 Å². The molecule has 1 fully saturated rings. The number of hydrogen-bond donors (Lipinski definition) is 1. The highest BCUT2D eigenvalue weighted by atomic mass is 35.5. The van der Waals surface area contributed by atoms with E-state index < -0.39 is 17.3 Å². The number of imidazole rings is 1. The zero-order chi connectivity index (χ0) is 24.0. The number of ketones is 1. The molecule has 2 aromatic heterocycles. The largest absolute Gasteiger partial charge is 0.416 e. The fraction of sp³-hybridized carbons (Fsp3) is 0.217. The smallest absolute Gasteiger partial charge is 0.305 e. The Morgan fingerprint density at radius 3 is 2.38 bits per heavy atom. The molecule has 1 aliphatic carbocycles. The zero-order valence-corrected chi connectivity index (χ0v) is 19.0. The van der Waals surface area contributed by atoms with Gasteiger partial charge in [-0.05, 0) is 49.2 Å². The second-order valence-corrected chi connectivity index (χ2v) is 9.27. The summed E-state index contributed by atoms with van der Waals surface area (Å²) >= 11 is 7.01. The fourth-order valence-corrected chi connectivity index (χ4v) is 4.45. The average molecular weight is 505 g/mol. The van der Waals surface area contributed by atoms with Gasteiger partial charge in [0.1, 0.15) is 5.82 Å². The van der Waals surface area contributed by atoms with Crippen LogP contribution in [0.3, 0.4) is 0 Å². The van der Waals surface area contributed by atoms with Gasteiger partial charge >= 0.3 is 6.18 Å². The monoisotopic (exact) mass is 504 g/mol. The number of alkyl halides is 3. The summed E-state index contributed by atoms with van der Waals surface area (Å²) in [5.41, 5.74) is 0.343. The molecular formula is C23H16ClF3N4O2S. The van der Waals surface area contributed by atoms with Crippen molar-refractivity contribution >= 4 is 40.3 Å². The third kappa shape index (κ3) is 4.47. The van der Waals surface area contributed by atoms with Gasteiger partial charge in [-0.25, -0.2) is 9.97 Å². The molecule has 4 aromatic rings. The lowest BCUT2D eigenvalue weighted by atomic mass is 10.1. The molecule has 1 saturated carbocycles. The van der Waals surface area contributed by atoms with E-state index in [4.69, 9.17) is 11.6 Å². The summed E-state index contributed by atoms with van der Waals surface area (Å²) in [6.07, 6.45) is -2.59. The van der Waals surface area contributed by atoms with E-state index >= 15 is 0 Å². The molecule has 1 aliphatic rings. The van der Waals surface area contributed by atoms with Crippen LogP contribution in [-0.2, 0) is 6.18 Å². The highest BCUT2D eigenvalue weighted by Gasteiger charge is 2.31. The lowest BCUT2D eigenvalue weighted by Gasteiger charge is -2.08. The lowest BCUT2D eigenvalue weighted by Crippen LogP contribution is -2.12. The van der Waals surface area contributed by atoms with Crippen LogP contribution in [0.25, 0.3) is 22.6 Å². The van der Waals surface area contributed by atoms with E-state index in [0.717, 1.165) is 54.4 Å². The van der Waals surface area contributed by atoms with Gasteiger partial charge in [0.05, 0.1) is 11.3 Å². The SMILES string of the molecule is O=C(CSc1nc2c(nc(-c3ccc(Cl)cc3)n2C2CC2)c(=O)[nH]1)c1ccc(C(F)(F)F)cc1. The highest BCUT2D eigenvalue weighted by molar-refractivity contribution is 7.99. The first-order chi connectivity index (χ1) is 16.2. The van der Waals surface area contributed by atoms with E-state index in [-0.39, 0.29) is 33.8 Å². The molecule has 2 aromatic carbocycles. The number of aromatic amines is 1. The summed E-state index contributed by atoms with van der Waals surface area (Å²) in [6, 6.07) is 11.4. The maximum atomic E-state index is 12.7. The normalized spacial score (nSPS) is 14.0. The minimum atomic E-state index is -4.47. The van der Waals surface area contributed by atoms with Crippen LogP contribution < -0.4 is 5.56 Å². The molecule has 0 aliphatic heterocycles. The number of aromatic nitrogens is 4. The standard InChI is InChI=1S/C23H16ClF3N4O2S/c24-15-7-3-13(4-8-15)19-28-18-20(31(19)16-9-10-16)29-22(30-21(18)33)34-11-17(32)12-1-5-14(6-2-12)23(25,26)27/h1-8,16H,9-11H2,(H,29,30,33). The Morgan fingerprint density at radius 2 is 1.76 bits per heavy atom. The van der Waals surface area contributed by atoms with Gasteiger partial charge in [-0.1, -0.05) is 35.5 Å². The number of halogens is 4. The molecule has 0 unspecified atom stereocenters. The molecule has 174 valence electrons. The van der Waals surface area contributed by atoms with Crippen LogP contribution >= 0.6 is 23.4 Å². The van der Waals surface area contributed by atoms with Gasteiger partial charge in [0.2, 0.25) is 0 Å². The zero-order valence-electron chi connectivity index (χ0n) is 17.4. The number of fused-ring (bicyclic) bond motifs is 1. The molecule has 0 saturated heterocycles. The van der Waals surface area contributed by atoms with Crippen LogP contribution in [0.4, 0.5) is 13.2 Å². The first kappa shape index (κ1) is 22.7. The third-order valence-corrected chi connectivity index (χ3v) is 6.54. The van der Waals surface area contributed by atoms with Crippen molar-refractivity contribution in [3.05, 3.63) is 75.0 Å². The molecule has 0 atom stereocenters. The highest BCUT2D eigenvalue weighted by Crippen LogP contribution is 2.40. The maximum absolute atomic E-state index is 12.7. The van der Waals surface area contributed by atoms with Crippen LogP contribution in [-0.4, -0.2) is 31.1 Å². The lowest BCUT2D eigenvalue weighted by molar-refractivity contribution is -0.137. The maximum Gasteiger partial charge on any atom is 0.416 e. The summed E-state index contributed by atoms with van der Waals surface area (Å²) in [5.74, 6) is 0.149. The van der Waals surface area contributed by atoms with E-state index in [1.807, 2.05) is 16.7 Å². The van der Waals surface area contributed by atoms with E-state index in [9.17, 15) is 22.8 Å². The summed E-state index contributed by atoms with van der Waals surface area (Å²) in [7, 11) is 0. The Balaban J connectivity index is 1.42. The molecule has 0 amide bonds. The number of carbonyl (C=O) groups is 1. The van der Waals surface area contributed by atoms with E-state index in [1.54, 1.807) is 12.1 Å². The Hall–Kier alpha value is -3.11. The number of H-pyrrole nitrogens is 1. The predicted molar refractivity (Wildman–Crippen MR) is 123 cm³/mol. The minimum Gasteiger partial charge on any atom is -0.305 e. The number of Topliss-reactive ketones (excluding diaryl/α,β-unsaturated/α-hetero) is 1. The van der Waals surface area contributed by atoms with E-state index in [0.29, 0.717) is 16.5 Å². The van der Waals surface area contributed by atoms with Gasteiger partial charge in [0.15, 0.2) is 22.1 Å². The molecular weight excluding hydrogens is 489 g/mol. The molecule has 5 rings (SSSR count). The molecule has 34 heavy (non-hydrogen) atoms. The van der Waals surface area contributed by atoms with E-state index in [2.05, 4.69) is 15.0 Å². The van der Waals surface area contributed by atoms with Gasteiger partial charge in [-0.2, -0.15) is 13.2 Å². The molecule has 11 heteroatoms. The second kappa shape index (κ2) is 8.59. The Morgan fingerprint density at radius 1 is 1.09 bits per heavy atom. The number of nitrogens with zero attached hydrogens (tertiary/aromatic N) is 3. The van der Waals surface area contributed by atoms with Gasteiger partial charge in [-0.15, -0.1) is 0 Å². The third-order valence-electron chi connectivity index (χ3n) is 5.42. The molecule has 6 nitrogen and oxygen atoms in total. The summed E-state index contributed by atoms with van der Waals surface area (Å²) < 4.78 is 40.1. The van der Waals surface area contributed by atoms with Crippen LogP contribution in [0.2, 0.25) is 5.02 Å². The Kier molecular flexibility index (Phi) is 5.73. The van der Waals surface area contributed by atoms with Crippen molar-refractivity contribution in [2.45, 2.75) is 30.2 Å². The number of thioether (sulfide) groups is 1. The Bertz CT molecular complexity index is 1440. The van der Waals surface area contributed by atoms with Crippen molar-refractivity contribution in [1.82, 2.24) is 19.5 Å². The van der Waals surface area contributed by atoms with Gasteiger partial charge < -0.3 is 4.57 Å². The van der Waals surface area contributed by atoms with Crippen LogP contribution in [0, 0.1) is 0 Å². The summed E-state index contributed by atoms with van der Waals surface area (Å²) in [5, 5.41) is 0.826. The molecule has 2 heterocycles. The molecule has 0 radical (unpaired) electrons. The van der Waals surface area contributed by atoms with Gasteiger partial charge in [0, 0.05) is 22.2 Å². The summed E-state index contributed by atoms with van der Waals surface area (Å²) in [6.45, 7) is 0. The van der Waals surface area contributed by atoms with Crippen molar-refractivity contribution in [3.8, 4) is 11.4 Å². The number of carbonyl (C=O) groups excluding carboxylic acids is 1. The first-order valence-corrected chi connectivity index (χ1v) is 11.7. The Labute approximate surface area is 200 Å². The topological polar surface area (TPSA) is 80.6 Å². The van der Waals surface area contributed by atoms with Crippen molar-refractivity contribution in [1.29, 1.82) is 0 Å². The number of benzene rings is 2. The second-order valence-electron chi connectivity index (χ2n) is 7.87. The molecule has 0 spiro atoms. The van der Waals surface area contributed by atoms with Crippen molar-refractivity contribution < 1.29 is 18.0 Å². The van der Waals surface area contributed by atoms with Gasteiger partial charge in [-0.3, -0.25) is 14.6 Å². The number of hydrogen-bond acceptors (Lipinski definition) is 5. The summed E-state index contributed by atoms with van der Waals surface area (Å²) in [4.78, 5) is 37.0. The molecule has 0 bridgehead atoms.